The third kappa shape index (κ3) is 2.06. The number of hydrogen-bond acceptors (Lipinski definition) is 5. The summed E-state index contributed by atoms with van der Waals surface area (Å²) in [4.78, 5) is 0. The van der Waals surface area contributed by atoms with Crippen molar-refractivity contribution in [3.63, 3.8) is 0 Å². The van der Waals surface area contributed by atoms with Gasteiger partial charge in [-0.1, -0.05) is 0 Å². The molecule has 3 heterocycles. The van der Waals surface area contributed by atoms with E-state index in [2.05, 4.69) is 0 Å². The molecule has 0 spiro atoms. The highest BCUT2D eigenvalue weighted by atomic mass is 19.1. The summed E-state index contributed by atoms with van der Waals surface area (Å²) in [6.45, 7) is 7.55. The van der Waals surface area contributed by atoms with Crippen LogP contribution in [0.5, 0.6) is 0 Å². The maximum atomic E-state index is 13.8. The molecule has 0 aliphatic carbocycles. The molecule has 0 aromatic carbocycles. The molecule has 3 rings (SSSR count). The number of alkyl halides is 1. The minimum atomic E-state index is -1.48. The van der Waals surface area contributed by atoms with Gasteiger partial charge in [0.15, 0.2) is 11.6 Å². The number of rotatable bonds is 1. The Morgan fingerprint density at radius 1 is 0.889 bits per heavy atom. The van der Waals surface area contributed by atoms with Crippen molar-refractivity contribution >= 4 is 0 Å². The minimum Gasteiger partial charge on any atom is -0.348 e. The van der Waals surface area contributed by atoms with E-state index in [-0.39, 0.29) is 6.10 Å². The Balaban J connectivity index is 1.75. The first-order valence-electron chi connectivity index (χ1n) is 6.24. The van der Waals surface area contributed by atoms with E-state index in [4.69, 9.17) is 23.7 Å². The lowest BCUT2D eigenvalue weighted by atomic mass is 10.1. The minimum absolute atomic E-state index is 0.328. The SMILES string of the molecule is CC1(C)O[C@@H]2[C@H](O1)[C@H](F)O[C@@H]2[C@H]1COC(C)(C)O1. The zero-order valence-electron chi connectivity index (χ0n) is 11.0. The molecule has 3 aliphatic rings. The second-order valence-electron chi connectivity index (χ2n) is 5.88. The quantitative estimate of drug-likeness (QED) is 0.714. The molecular formula is C12H19FO5. The van der Waals surface area contributed by atoms with Gasteiger partial charge in [0.1, 0.15) is 24.4 Å². The van der Waals surface area contributed by atoms with Crippen molar-refractivity contribution in [2.75, 3.05) is 6.61 Å². The molecule has 0 saturated carbocycles. The van der Waals surface area contributed by atoms with Gasteiger partial charge in [0.2, 0.25) is 6.36 Å². The Kier molecular flexibility index (Phi) is 2.74. The van der Waals surface area contributed by atoms with E-state index < -0.39 is 36.2 Å². The van der Waals surface area contributed by atoms with Crippen LogP contribution in [0.15, 0.2) is 0 Å². The first-order chi connectivity index (χ1) is 8.27. The monoisotopic (exact) mass is 262 g/mol. The molecule has 3 fully saturated rings. The van der Waals surface area contributed by atoms with Gasteiger partial charge in [-0.2, -0.15) is 0 Å². The van der Waals surface area contributed by atoms with Gasteiger partial charge in [0.25, 0.3) is 0 Å². The van der Waals surface area contributed by atoms with Crippen LogP contribution in [-0.2, 0) is 23.7 Å². The Labute approximate surface area is 105 Å². The van der Waals surface area contributed by atoms with Crippen LogP contribution in [0.4, 0.5) is 4.39 Å². The molecule has 0 unspecified atom stereocenters. The fourth-order valence-corrected chi connectivity index (χ4v) is 2.76. The highest BCUT2D eigenvalue weighted by molar-refractivity contribution is 4.99. The predicted molar refractivity (Wildman–Crippen MR) is 58.5 cm³/mol. The summed E-state index contributed by atoms with van der Waals surface area (Å²) in [6.07, 6.45) is -3.43. The van der Waals surface area contributed by atoms with E-state index in [1.54, 1.807) is 13.8 Å². The molecule has 18 heavy (non-hydrogen) atoms. The lowest BCUT2D eigenvalue weighted by molar-refractivity contribution is -0.221. The smallest absolute Gasteiger partial charge is 0.228 e. The van der Waals surface area contributed by atoms with Crippen molar-refractivity contribution in [2.45, 2.75) is 70.0 Å². The van der Waals surface area contributed by atoms with Gasteiger partial charge in [0.05, 0.1) is 6.61 Å². The van der Waals surface area contributed by atoms with Gasteiger partial charge < -0.3 is 23.7 Å². The highest BCUT2D eigenvalue weighted by Crippen LogP contribution is 2.42. The van der Waals surface area contributed by atoms with E-state index in [0.29, 0.717) is 6.61 Å². The third-order valence-electron chi connectivity index (χ3n) is 3.43. The van der Waals surface area contributed by atoms with Crippen LogP contribution >= 0.6 is 0 Å². The summed E-state index contributed by atoms with van der Waals surface area (Å²) in [5.74, 6) is -1.44. The molecule has 0 amide bonds. The number of fused-ring (bicyclic) bond motifs is 1. The van der Waals surface area contributed by atoms with Crippen LogP contribution < -0.4 is 0 Å². The van der Waals surface area contributed by atoms with E-state index in [0.717, 1.165) is 0 Å². The van der Waals surface area contributed by atoms with Crippen LogP contribution in [0.25, 0.3) is 0 Å². The average molecular weight is 262 g/mol. The average Bonchev–Trinajstić information content (AvgIpc) is 2.81. The maximum absolute atomic E-state index is 13.8. The van der Waals surface area contributed by atoms with Gasteiger partial charge in [-0.3, -0.25) is 0 Å². The van der Waals surface area contributed by atoms with Crippen LogP contribution in [0.3, 0.4) is 0 Å². The Bertz CT molecular complexity index is 345. The van der Waals surface area contributed by atoms with Gasteiger partial charge in [-0.15, -0.1) is 0 Å². The Morgan fingerprint density at radius 3 is 2.17 bits per heavy atom. The van der Waals surface area contributed by atoms with Crippen molar-refractivity contribution in [2.24, 2.45) is 0 Å². The topological polar surface area (TPSA) is 46.2 Å². The molecule has 0 aromatic rings. The summed E-state index contributed by atoms with van der Waals surface area (Å²) in [6, 6.07) is 0. The fourth-order valence-electron chi connectivity index (χ4n) is 2.76. The number of ether oxygens (including phenoxy) is 5. The Hall–Kier alpha value is -0.270. The number of halogens is 1. The summed E-state index contributed by atoms with van der Waals surface area (Å²) < 4.78 is 41.5. The molecule has 6 heteroatoms. The molecular weight excluding hydrogens is 243 g/mol. The van der Waals surface area contributed by atoms with E-state index in [1.807, 2.05) is 13.8 Å². The lowest BCUT2D eigenvalue weighted by Crippen LogP contribution is -2.40. The molecule has 104 valence electrons. The molecule has 5 nitrogen and oxygen atoms in total. The van der Waals surface area contributed by atoms with Gasteiger partial charge >= 0.3 is 0 Å². The summed E-state index contributed by atoms with van der Waals surface area (Å²) in [5, 5.41) is 0. The molecule has 0 N–H and O–H groups in total. The summed E-state index contributed by atoms with van der Waals surface area (Å²) in [7, 11) is 0. The first-order valence-corrected chi connectivity index (χ1v) is 6.24. The van der Waals surface area contributed by atoms with Crippen LogP contribution in [0, 0.1) is 0 Å². The number of hydrogen-bond donors (Lipinski definition) is 0. The second-order valence-corrected chi connectivity index (χ2v) is 5.88. The van der Waals surface area contributed by atoms with Crippen molar-refractivity contribution in [1.82, 2.24) is 0 Å². The molecule has 3 saturated heterocycles. The van der Waals surface area contributed by atoms with Gasteiger partial charge in [-0.25, -0.2) is 4.39 Å². The fraction of sp³-hybridized carbons (Fsp3) is 1.00. The summed E-state index contributed by atoms with van der Waals surface area (Å²) in [5.41, 5.74) is 0. The Morgan fingerprint density at radius 2 is 1.56 bits per heavy atom. The van der Waals surface area contributed by atoms with E-state index in [1.165, 1.54) is 0 Å². The van der Waals surface area contributed by atoms with E-state index in [9.17, 15) is 4.39 Å². The van der Waals surface area contributed by atoms with Crippen LogP contribution in [0.2, 0.25) is 0 Å². The molecule has 3 aliphatic heterocycles. The molecule has 0 radical (unpaired) electrons. The molecule has 0 bridgehead atoms. The molecule has 5 atom stereocenters. The first kappa shape index (κ1) is 12.7. The zero-order chi connectivity index (χ0) is 13.1. The lowest BCUT2D eigenvalue weighted by Gasteiger charge is -2.25. The van der Waals surface area contributed by atoms with Crippen molar-refractivity contribution in [3.8, 4) is 0 Å². The van der Waals surface area contributed by atoms with Gasteiger partial charge in [0, 0.05) is 0 Å². The van der Waals surface area contributed by atoms with Crippen LogP contribution in [-0.4, -0.2) is 49.0 Å². The zero-order valence-corrected chi connectivity index (χ0v) is 11.0. The van der Waals surface area contributed by atoms with E-state index >= 15 is 0 Å². The van der Waals surface area contributed by atoms with Crippen LogP contribution in [0.1, 0.15) is 27.7 Å². The standard InChI is InChI=1S/C12H19FO5/c1-11(2)14-5-6(16-11)7-8-9(10(13)15-7)18-12(3,4)17-8/h6-10H,5H2,1-4H3/t6-,7-,8+,9+,10-/m1/s1. The van der Waals surface area contributed by atoms with Gasteiger partial charge in [-0.05, 0) is 27.7 Å². The third-order valence-corrected chi connectivity index (χ3v) is 3.43. The maximum Gasteiger partial charge on any atom is 0.228 e. The van der Waals surface area contributed by atoms with Crippen molar-refractivity contribution < 1.29 is 28.1 Å². The predicted octanol–water partition coefficient (Wildman–Crippen LogP) is 1.35. The molecule has 0 aromatic heterocycles. The van der Waals surface area contributed by atoms with Crippen molar-refractivity contribution in [1.29, 1.82) is 0 Å². The largest absolute Gasteiger partial charge is 0.348 e. The highest BCUT2D eigenvalue weighted by Gasteiger charge is 2.59. The normalized spacial score (nSPS) is 49.5. The van der Waals surface area contributed by atoms with Crippen molar-refractivity contribution in [3.05, 3.63) is 0 Å². The second kappa shape index (κ2) is 3.86. The summed E-state index contributed by atoms with van der Waals surface area (Å²) >= 11 is 0.